The number of aromatic nitrogens is 2. The highest BCUT2D eigenvalue weighted by Crippen LogP contribution is 2.21. The number of phenols is 1. The Kier molecular flexibility index (Phi) is 4.99. The van der Waals surface area contributed by atoms with E-state index in [0.717, 1.165) is 10.9 Å². The summed E-state index contributed by atoms with van der Waals surface area (Å²) in [5.74, 6) is 0.861. The van der Waals surface area contributed by atoms with Crippen LogP contribution in [0.2, 0.25) is 0 Å². The van der Waals surface area contributed by atoms with Gasteiger partial charge in [-0.3, -0.25) is 4.79 Å². The molecule has 0 saturated carbocycles. The second-order valence-electron chi connectivity index (χ2n) is 5.90. The zero-order valence-corrected chi connectivity index (χ0v) is 15.6. The summed E-state index contributed by atoms with van der Waals surface area (Å²) in [6.45, 7) is 4.07. The Morgan fingerprint density at radius 3 is 2.84 bits per heavy atom. The summed E-state index contributed by atoms with van der Waals surface area (Å²) in [7, 11) is 0. The number of hydrogen-bond donors (Lipinski definition) is 1. The second kappa shape index (κ2) is 7.19. The van der Waals surface area contributed by atoms with Gasteiger partial charge in [0.25, 0.3) is 5.56 Å². The van der Waals surface area contributed by atoms with E-state index in [4.69, 9.17) is 0 Å². The van der Waals surface area contributed by atoms with Crippen molar-refractivity contribution in [2.24, 2.45) is 5.10 Å². The first-order valence-corrected chi connectivity index (χ1v) is 8.84. The molecule has 3 aromatic rings. The third kappa shape index (κ3) is 3.64. The second-order valence-corrected chi connectivity index (χ2v) is 6.81. The summed E-state index contributed by atoms with van der Waals surface area (Å²) in [6.07, 6.45) is 2.40. The summed E-state index contributed by atoms with van der Waals surface area (Å²) in [5.41, 5.74) is 1.15. The van der Waals surface area contributed by atoms with Gasteiger partial charge in [0.1, 0.15) is 11.6 Å². The third-order valence-electron chi connectivity index (χ3n) is 4.08. The van der Waals surface area contributed by atoms with Crippen molar-refractivity contribution in [2.45, 2.75) is 26.2 Å². The van der Waals surface area contributed by atoms with Crippen molar-refractivity contribution < 1.29 is 5.11 Å². The molecule has 0 saturated heterocycles. The van der Waals surface area contributed by atoms with Crippen LogP contribution in [0.3, 0.4) is 0 Å². The smallest absolute Gasteiger partial charge is 0.282 e. The van der Waals surface area contributed by atoms with E-state index in [1.54, 1.807) is 30.5 Å². The minimum atomic E-state index is -0.210. The zero-order valence-electron chi connectivity index (χ0n) is 14.0. The fourth-order valence-corrected chi connectivity index (χ4v) is 2.87. The molecule has 0 fully saturated rings. The SMILES string of the molecule is CC[C@H](C)c1nc2ccc(Br)cc2c(=O)n1N=Cc1cccc(O)c1. The van der Waals surface area contributed by atoms with E-state index in [1.807, 2.05) is 32.0 Å². The Morgan fingerprint density at radius 2 is 2.12 bits per heavy atom. The van der Waals surface area contributed by atoms with Crippen molar-refractivity contribution in [3.63, 3.8) is 0 Å². The number of benzene rings is 2. The number of phenolic OH excluding ortho intramolecular Hbond substituents is 1. The zero-order chi connectivity index (χ0) is 18.0. The quantitative estimate of drug-likeness (QED) is 0.666. The minimum Gasteiger partial charge on any atom is -0.508 e. The monoisotopic (exact) mass is 399 g/mol. The molecule has 0 spiro atoms. The van der Waals surface area contributed by atoms with Gasteiger partial charge < -0.3 is 5.11 Å². The fourth-order valence-electron chi connectivity index (χ4n) is 2.51. The number of fused-ring (bicyclic) bond motifs is 1. The summed E-state index contributed by atoms with van der Waals surface area (Å²) >= 11 is 3.39. The van der Waals surface area contributed by atoms with Crippen LogP contribution in [0.5, 0.6) is 5.75 Å². The van der Waals surface area contributed by atoms with E-state index in [2.05, 4.69) is 26.0 Å². The number of rotatable bonds is 4. The summed E-state index contributed by atoms with van der Waals surface area (Å²) in [6, 6.07) is 12.2. The van der Waals surface area contributed by atoms with Gasteiger partial charge in [-0.25, -0.2) is 4.98 Å². The Bertz CT molecular complexity index is 1010. The van der Waals surface area contributed by atoms with Crippen LogP contribution in [0.15, 0.2) is 56.8 Å². The molecule has 3 rings (SSSR count). The number of nitrogens with zero attached hydrogens (tertiary/aromatic N) is 3. The first-order valence-electron chi connectivity index (χ1n) is 8.05. The molecule has 1 atom stereocenters. The van der Waals surface area contributed by atoms with Gasteiger partial charge >= 0.3 is 0 Å². The molecule has 1 aromatic heterocycles. The van der Waals surface area contributed by atoms with Gasteiger partial charge in [-0.2, -0.15) is 9.78 Å². The fraction of sp³-hybridized carbons (Fsp3) is 0.211. The molecule has 0 aliphatic rings. The largest absolute Gasteiger partial charge is 0.508 e. The van der Waals surface area contributed by atoms with Crippen LogP contribution in [0.25, 0.3) is 10.9 Å². The van der Waals surface area contributed by atoms with Gasteiger partial charge in [-0.15, -0.1) is 0 Å². The Labute approximate surface area is 153 Å². The molecular weight excluding hydrogens is 382 g/mol. The lowest BCUT2D eigenvalue weighted by Gasteiger charge is -2.13. The van der Waals surface area contributed by atoms with Crippen molar-refractivity contribution in [3.8, 4) is 5.75 Å². The number of aromatic hydroxyl groups is 1. The van der Waals surface area contributed by atoms with Gasteiger partial charge in [0.2, 0.25) is 0 Å². The molecule has 5 nitrogen and oxygen atoms in total. The topological polar surface area (TPSA) is 67.5 Å². The van der Waals surface area contributed by atoms with Crippen molar-refractivity contribution >= 4 is 33.0 Å². The van der Waals surface area contributed by atoms with E-state index < -0.39 is 0 Å². The van der Waals surface area contributed by atoms with Crippen LogP contribution >= 0.6 is 15.9 Å². The van der Waals surface area contributed by atoms with Gasteiger partial charge in [-0.05, 0) is 42.3 Å². The van der Waals surface area contributed by atoms with Crippen molar-refractivity contribution in [2.75, 3.05) is 0 Å². The molecule has 1 heterocycles. The molecule has 0 radical (unpaired) electrons. The lowest BCUT2D eigenvalue weighted by molar-refractivity contribution is 0.475. The van der Waals surface area contributed by atoms with Crippen LogP contribution in [0.4, 0.5) is 0 Å². The van der Waals surface area contributed by atoms with E-state index in [0.29, 0.717) is 22.3 Å². The normalized spacial score (nSPS) is 12.8. The lowest BCUT2D eigenvalue weighted by Crippen LogP contribution is -2.23. The van der Waals surface area contributed by atoms with E-state index in [-0.39, 0.29) is 17.2 Å². The first kappa shape index (κ1) is 17.4. The molecule has 6 heteroatoms. The highest BCUT2D eigenvalue weighted by atomic mass is 79.9. The standard InChI is InChI=1S/C19H18BrN3O2/c1-3-12(2)18-22-17-8-7-14(20)10-16(17)19(25)23(18)21-11-13-5-4-6-15(24)9-13/h4-12,24H,3H2,1-2H3/t12-/m0/s1. The van der Waals surface area contributed by atoms with Crippen LogP contribution in [0.1, 0.15) is 37.6 Å². The van der Waals surface area contributed by atoms with Crippen molar-refractivity contribution in [1.29, 1.82) is 0 Å². The van der Waals surface area contributed by atoms with Gasteiger partial charge in [0.15, 0.2) is 0 Å². The van der Waals surface area contributed by atoms with Gasteiger partial charge in [0, 0.05) is 10.4 Å². The minimum absolute atomic E-state index is 0.0853. The highest BCUT2D eigenvalue weighted by molar-refractivity contribution is 9.10. The molecule has 0 aliphatic heterocycles. The maximum Gasteiger partial charge on any atom is 0.282 e. The number of halogens is 1. The predicted octanol–water partition coefficient (Wildman–Crippen LogP) is 4.26. The average molecular weight is 400 g/mol. The maximum absolute atomic E-state index is 12.9. The van der Waals surface area contributed by atoms with Gasteiger partial charge in [-0.1, -0.05) is 41.9 Å². The van der Waals surface area contributed by atoms with Crippen LogP contribution in [-0.2, 0) is 0 Å². The number of hydrogen-bond acceptors (Lipinski definition) is 4. The Balaban J connectivity index is 2.20. The van der Waals surface area contributed by atoms with Crippen LogP contribution in [0, 0.1) is 0 Å². The summed E-state index contributed by atoms with van der Waals surface area (Å²) in [4.78, 5) is 17.6. The molecule has 1 N–H and O–H groups in total. The summed E-state index contributed by atoms with van der Waals surface area (Å²) in [5, 5.41) is 14.4. The molecule has 0 amide bonds. The molecule has 0 bridgehead atoms. The van der Waals surface area contributed by atoms with Crippen LogP contribution in [-0.4, -0.2) is 21.0 Å². The lowest BCUT2D eigenvalue weighted by atomic mass is 10.1. The van der Waals surface area contributed by atoms with Crippen molar-refractivity contribution in [1.82, 2.24) is 9.66 Å². The molecule has 0 aliphatic carbocycles. The first-order chi connectivity index (χ1) is 12.0. The molecular formula is C19H18BrN3O2. The maximum atomic E-state index is 12.9. The highest BCUT2D eigenvalue weighted by Gasteiger charge is 2.15. The van der Waals surface area contributed by atoms with E-state index >= 15 is 0 Å². The molecule has 0 unspecified atom stereocenters. The predicted molar refractivity (Wildman–Crippen MR) is 104 cm³/mol. The Hall–Kier alpha value is -2.47. The molecule has 128 valence electrons. The summed E-state index contributed by atoms with van der Waals surface area (Å²) < 4.78 is 2.17. The van der Waals surface area contributed by atoms with Crippen molar-refractivity contribution in [3.05, 3.63) is 68.7 Å². The van der Waals surface area contributed by atoms with E-state index in [9.17, 15) is 9.90 Å². The third-order valence-corrected chi connectivity index (χ3v) is 4.57. The average Bonchev–Trinajstić information content (AvgIpc) is 2.60. The molecule has 25 heavy (non-hydrogen) atoms. The molecule has 2 aromatic carbocycles. The Morgan fingerprint density at radius 1 is 1.32 bits per heavy atom. The van der Waals surface area contributed by atoms with E-state index in [1.165, 1.54) is 4.68 Å². The van der Waals surface area contributed by atoms with Crippen LogP contribution < -0.4 is 5.56 Å². The van der Waals surface area contributed by atoms with Gasteiger partial charge in [0.05, 0.1) is 17.1 Å².